The van der Waals surface area contributed by atoms with Crippen LogP contribution in [0.1, 0.15) is 6.42 Å². The lowest BCUT2D eigenvalue weighted by Crippen LogP contribution is -2.08. The van der Waals surface area contributed by atoms with Gasteiger partial charge in [0.1, 0.15) is 11.5 Å². The number of carbonyl (C=O) groups excluding carboxylic acids is 1. The van der Waals surface area contributed by atoms with Gasteiger partial charge in [0.2, 0.25) is 0 Å². The van der Waals surface area contributed by atoms with Crippen molar-refractivity contribution in [3.63, 3.8) is 0 Å². The molecule has 0 heterocycles. The summed E-state index contributed by atoms with van der Waals surface area (Å²) in [6, 6.07) is 5.10. The van der Waals surface area contributed by atoms with Gasteiger partial charge in [0.05, 0.1) is 32.9 Å². The molecule has 0 spiro atoms. The monoisotopic (exact) mass is 225 g/mol. The number of ether oxygens (including phenoxy) is 3. The molecule has 1 aromatic rings. The standard InChI is InChI=1S/C11H15NO4/c1-14-8-3-4-9(12)10(7-8)16-6-5-11(13)15-2/h3-4,7H,5-6,12H2,1-2H3. The molecule has 0 bridgehead atoms. The summed E-state index contributed by atoms with van der Waals surface area (Å²) in [5.41, 5.74) is 6.20. The van der Waals surface area contributed by atoms with E-state index in [4.69, 9.17) is 15.2 Å². The summed E-state index contributed by atoms with van der Waals surface area (Å²) in [4.78, 5) is 10.9. The van der Waals surface area contributed by atoms with Gasteiger partial charge in [0.25, 0.3) is 0 Å². The first-order valence-corrected chi connectivity index (χ1v) is 4.80. The number of anilines is 1. The number of hydrogen-bond acceptors (Lipinski definition) is 5. The molecule has 5 nitrogen and oxygen atoms in total. The molecule has 2 N–H and O–H groups in total. The number of benzene rings is 1. The molecule has 0 radical (unpaired) electrons. The second-order valence-corrected chi connectivity index (χ2v) is 3.08. The molecular formula is C11H15NO4. The van der Waals surface area contributed by atoms with E-state index in [9.17, 15) is 4.79 Å². The summed E-state index contributed by atoms with van der Waals surface area (Å²) in [7, 11) is 2.89. The van der Waals surface area contributed by atoms with E-state index >= 15 is 0 Å². The van der Waals surface area contributed by atoms with E-state index in [-0.39, 0.29) is 19.0 Å². The Hall–Kier alpha value is -1.91. The first-order chi connectivity index (χ1) is 7.67. The third-order valence-corrected chi connectivity index (χ3v) is 2.01. The lowest BCUT2D eigenvalue weighted by atomic mass is 10.3. The number of hydrogen-bond donors (Lipinski definition) is 1. The third-order valence-electron chi connectivity index (χ3n) is 2.01. The third kappa shape index (κ3) is 3.34. The van der Waals surface area contributed by atoms with Crippen molar-refractivity contribution in [3.8, 4) is 11.5 Å². The largest absolute Gasteiger partial charge is 0.497 e. The van der Waals surface area contributed by atoms with Crippen LogP contribution in [0.3, 0.4) is 0 Å². The first kappa shape index (κ1) is 12.2. The minimum Gasteiger partial charge on any atom is -0.497 e. The van der Waals surface area contributed by atoms with Gasteiger partial charge >= 0.3 is 5.97 Å². The highest BCUT2D eigenvalue weighted by atomic mass is 16.5. The Morgan fingerprint density at radius 3 is 2.75 bits per heavy atom. The average Bonchev–Trinajstić information content (AvgIpc) is 2.31. The van der Waals surface area contributed by atoms with E-state index in [1.807, 2.05) is 0 Å². The van der Waals surface area contributed by atoms with Crippen LogP contribution in [0.25, 0.3) is 0 Å². The van der Waals surface area contributed by atoms with Crippen molar-refractivity contribution in [3.05, 3.63) is 18.2 Å². The summed E-state index contributed by atoms with van der Waals surface area (Å²) in [6.45, 7) is 0.226. The Labute approximate surface area is 94.1 Å². The summed E-state index contributed by atoms with van der Waals surface area (Å²) in [5, 5.41) is 0. The van der Waals surface area contributed by atoms with Crippen LogP contribution < -0.4 is 15.2 Å². The molecule has 0 aliphatic carbocycles. The van der Waals surface area contributed by atoms with E-state index in [0.717, 1.165) is 0 Å². The van der Waals surface area contributed by atoms with Crippen LogP contribution in [0.4, 0.5) is 5.69 Å². The molecule has 0 saturated carbocycles. The van der Waals surface area contributed by atoms with Crippen molar-refractivity contribution in [2.75, 3.05) is 26.6 Å². The summed E-state index contributed by atoms with van der Waals surface area (Å²) < 4.78 is 14.9. The zero-order valence-electron chi connectivity index (χ0n) is 9.36. The van der Waals surface area contributed by atoms with Gasteiger partial charge in [-0.3, -0.25) is 4.79 Å². The van der Waals surface area contributed by atoms with E-state index in [2.05, 4.69) is 4.74 Å². The number of rotatable bonds is 5. The molecule has 0 saturated heterocycles. The summed E-state index contributed by atoms with van der Waals surface area (Å²) >= 11 is 0. The zero-order valence-corrected chi connectivity index (χ0v) is 9.36. The molecule has 0 aliphatic rings. The van der Waals surface area contributed by atoms with Crippen molar-refractivity contribution >= 4 is 11.7 Å². The van der Waals surface area contributed by atoms with Gasteiger partial charge in [-0.1, -0.05) is 0 Å². The molecule has 0 aliphatic heterocycles. The molecule has 0 atom stereocenters. The Morgan fingerprint density at radius 1 is 1.38 bits per heavy atom. The lowest BCUT2D eigenvalue weighted by molar-refractivity contribution is -0.141. The van der Waals surface area contributed by atoms with Crippen LogP contribution in [-0.2, 0) is 9.53 Å². The van der Waals surface area contributed by atoms with Gasteiger partial charge in [-0.25, -0.2) is 0 Å². The Morgan fingerprint density at radius 2 is 2.12 bits per heavy atom. The number of esters is 1. The van der Waals surface area contributed by atoms with Crippen LogP contribution in [-0.4, -0.2) is 26.8 Å². The van der Waals surface area contributed by atoms with Gasteiger partial charge < -0.3 is 19.9 Å². The normalized spacial score (nSPS) is 9.62. The second kappa shape index (κ2) is 5.85. The molecule has 1 aromatic carbocycles. The quantitative estimate of drug-likeness (QED) is 0.602. The maximum absolute atomic E-state index is 10.9. The Kier molecular flexibility index (Phi) is 4.44. The maximum Gasteiger partial charge on any atom is 0.308 e. The van der Waals surface area contributed by atoms with E-state index in [1.165, 1.54) is 7.11 Å². The lowest BCUT2D eigenvalue weighted by Gasteiger charge is -2.09. The Bertz CT molecular complexity index is 365. The maximum atomic E-state index is 10.9. The van der Waals surface area contributed by atoms with Crippen LogP contribution in [0, 0.1) is 0 Å². The highest BCUT2D eigenvalue weighted by Crippen LogP contribution is 2.26. The van der Waals surface area contributed by atoms with Gasteiger partial charge in [0, 0.05) is 6.07 Å². The highest BCUT2D eigenvalue weighted by Gasteiger charge is 2.05. The molecule has 0 aromatic heterocycles. The minimum absolute atomic E-state index is 0.188. The van der Waals surface area contributed by atoms with Gasteiger partial charge in [-0.15, -0.1) is 0 Å². The summed E-state index contributed by atoms with van der Waals surface area (Å²) in [6.07, 6.45) is 0.188. The molecule has 5 heteroatoms. The van der Waals surface area contributed by atoms with Crippen LogP contribution in [0.2, 0.25) is 0 Å². The Balaban J connectivity index is 2.55. The molecule has 0 unspecified atom stereocenters. The second-order valence-electron chi connectivity index (χ2n) is 3.08. The van der Waals surface area contributed by atoms with Crippen molar-refractivity contribution in [1.29, 1.82) is 0 Å². The molecule has 0 amide bonds. The predicted molar refractivity (Wildman–Crippen MR) is 59.5 cm³/mol. The fourth-order valence-corrected chi connectivity index (χ4v) is 1.11. The van der Waals surface area contributed by atoms with E-state index < -0.39 is 0 Å². The zero-order chi connectivity index (χ0) is 12.0. The average molecular weight is 225 g/mol. The predicted octanol–water partition coefficient (Wildman–Crippen LogP) is 1.22. The fourth-order valence-electron chi connectivity index (χ4n) is 1.11. The van der Waals surface area contributed by atoms with Gasteiger partial charge in [-0.2, -0.15) is 0 Å². The van der Waals surface area contributed by atoms with Crippen molar-refractivity contribution in [2.45, 2.75) is 6.42 Å². The minimum atomic E-state index is -0.318. The molecule has 0 fully saturated rings. The summed E-state index contributed by atoms with van der Waals surface area (Å²) in [5.74, 6) is 0.840. The van der Waals surface area contributed by atoms with Gasteiger partial charge in [-0.05, 0) is 12.1 Å². The van der Waals surface area contributed by atoms with Crippen LogP contribution >= 0.6 is 0 Å². The van der Waals surface area contributed by atoms with Crippen molar-refractivity contribution < 1.29 is 19.0 Å². The van der Waals surface area contributed by atoms with Gasteiger partial charge in [0.15, 0.2) is 0 Å². The number of carbonyl (C=O) groups is 1. The molecule has 16 heavy (non-hydrogen) atoms. The number of nitrogens with two attached hydrogens (primary N) is 1. The van der Waals surface area contributed by atoms with Crippen LogP contribution in [0.5, 0.6) is 11.5 Å². The number of methoxy groups -OCH3 is 2. The first-order valence-electron chi connectivity index (χ1n) is 4.80. The number of nitrogen functional groups attached to an aromatic ring is 1. The fraction of sp³-hybridized carbons (Fsp3) is 0.364. The molecule has 88 valence electrons. The van der Waals surface area contributed by atoms with Crippen LogP contribution in [0.15, 0.2) is 18.2 Å². The van der Waals surface area contributed by atoms with Crippen molar-refractivity contribution in [1.82, 2.24) is 0 Å². The highest BCUT2D eigenvalue weighted by molar-refractivity contribution is 5.69. The molecule has 1 rings (SSSR count). The van der Waals surface area contributed by atoms with Crippen molar-refractivity contribution in [2.24, 2.45) is 0 Å². The van der Waals surface area contributed by atoms with E-state index in [1.54, 1.807) is 25.3 Å². The SMILES string of the molecule is COC(=O)CCOc1cc(OC)ccc1N. The van der Waals surface area contributed by atoms with E-state index in [0.29, 0.717) is 17.2 Å². The molecular weight excluding hydrogens is 210 g/mol. The smallest absolute Gasteiger partial charge is 0.308 e. The topological polar surface area (TPSA) is 70.8 Å².